The van der Waals surface area contributed by atoms with Crippen LogP contribution in [0.4, 0.5) is 0 Å². The Labute approximate surface area is 130 Å². The first-order chi connectivity index (χ1) is 9.34. The molecule has 0 saturated heterocycles. The van der Waals surface area contributed by atoms with E-state index in [-0.39, 0.29) is 11.5 Å². The Bertz CT molecular complexity index is 558. The number of unbranched alkanes of at least 4 members (excludes halogenated alkanes) is 2. The summed E-state index contributed by atoms with van der Waals surface area (Å²) in [6, 6.07) is 3.29. The van der Waals surface area contributed by atoms with Gasteiger partial charge in [-0.25, -0.2) is 12.7 Å². The van der Waals surface area contributed by atoms with E-state index in [0.717, 1.165) is 19.3 Å². The van der Waals surface area contributed by atoms with E-state index in [1.165, 1.54) is 4.31 Å². The lowest BCUT2D eigenvalue weighted by atomic mass is 10.2. The number of aliphatic hydroxyl groups excluding tert-OH is 1. The molecular weight excluding hydrogens is 342 g/mol. The van der Waals surface area contributed by atoms with Crippen molar-refractivity contribution < 1.29 is 13.5 Å². The molecule has 1 N–H and O–H groups in total. The highest BCUT2D eigenvalue weighted by molar-refractivity contribution is 9.10. The highest BCUT2D eigenvalue weighted by Crippen LogP contribution is 2.27. The Hall–Kier alpha value is -0.430. The Morgan fingerprint density at radius 3 is 2.50 bits per heavy atom. The van der Waals surface area contributed by atoms with Gasteiger partial charge in [-0.15, -0.1) is 0 Å². The molecule has 6 heteroatoms. The van der Waals surface area contributed by atoms with Crippen LogP contribution >= 0.6 is 15.9 Å². The number of hydrogen-bond acceptors (Lipinski definition) is 3. The first-order valence-corrected chi connectivity index (χ1v) is 8.94. The zero-order chi connectivity index (χ0) is 15.3. The Morgan fingerprint density at radius 1 is 1.30 bits per heavy atom. The Kier molecular flexibility index (Phi) is 6.64. The number of halogens is 1. The summed E-state index contributed by atoms with van der Waals surface area (Å²) >= 11 is 3.35. The number of hydrogen-bond donors (Lipinski definition) is 1. The molecule has 20 heavy (non-hydrogen) atoms. The van der Waals surface area contributed by atoms with Crippen molar-refractivity contribution in [3.05, 3.63) is 27.7 Å². The van der Waals surface area contributed by atoms with E-state index in [4.69, 9.17) is 0 Å². The fourth-order valence-corrected chi connectivity index (χ4v) is 4.08. The van der Waals surface area contributed by atoms with Gasteiger partial charge in [-0.2, -0.15) is 0 Å². The topological polar surface area (TPSA) is 57.6 Å². The summed E-state index contributed by atoms with van der Waals surface area (Å²) < 4.78 is 27.3. The second-order valence-electron chi connectivity index (χ2n) is 4.89. The summed E-state index contributed by atoms with van der Waals surface area (Å²) in [6.07, 6.45) is 2.92. The van der Waals surface area contributed by atoms with Gasteiger partial charge < -0.3 is 5.11 Å². The summed E-state index contributed by atoms with van der Waals surface area (Å²) in [5.74, 6) is 0. The van der Waals surface area contributed by atoms with E-state index in [0.29, 0.717) is 22.1 Å². The highest BCUT2D eigenvalue weighted by Gasteiger charge is 2.24. The van der Waals surface area contributed by atoms with Crippen LogP contribution in [0.3, 0.4) is 0 Å². The average molecular weight is 364 g/mol. The van der Waals surface area contributed by atoms with Crippen LogP contribution in [0, 0.1) is 6.92 Å². The van der Waals surface area contributed by atoms with Gasteiger partial charge in [-0.3, -0.25) is 0 Å². The summed E-state index contributed by atoms with van der Waals surface area (Å²) in [5, 5.41) is 9.23. The fourth-order valence-electron chi connectivity index (χ4n) is 1.94. The van der Waals surface area contributed by atoms with E-state index < -0.39 is 10.0 Å². The van der Waals surface area contributed by atoms with Crippen LogP contribution in [0.15, 0.2) is 21.5 Å². The molecule has 0 aromatic heterocycles. The maximum absolute atomic E-state index is 12.6. The van der Waals surface area contributed by atoms with E-state index in [1.807, 2.05) is 0 Å². The van der Waals surface area contributed by atoms with Crippen LogP contribution in [-0.4, -0.2) is 31.4 Å². The van der Waals surface area contributed by atoms with Gasteiger partial charge in [0.25, 0.3) is 0 Å². The van der Waals surface area contributed by atoms with Gasteiger partial charge in [-0.05, 0) is 36.6 Å². The summed E-state index contributed by atoms with van der Waals surface area (Å²) in [6.45, 7) is 4.18. The first-order valence-electron chi connectivity index (χ1n) is 6.70. The standard InChI is InChI=1S/C14H22BrNO3S/c1-4-5-6-7-16(3)20(18,19)14-9-12(10-17)8-13(15)11(14)2/h8-9,17H,4-7,10H2,1-3H3. The van der Waals surface area contributed by atoms with Crippen molar-refractivity contribution in [2.45, 2.75) is 44.6 Å². The van der Waals surface area contributed by atoms with Crippen molar-refractivity contribution in [3.8, 4) is 0 Å². The third kappa shape index (κ3) is 4.04. The lowest BCUT2D eigenvalue weighted by Gasteiger charge is -2.19. The molecule has 0 saturated carbocycles. The molecule has 0 bridgehead atoms. The number of aliphatic hydroxyl groups is 1. The fraction of sp³-hybridized carbons (Fsp3) is 0.571. The molecule has 0 atom stereocenters. The summed E-state index contributed by atoms with van der Waals surface area (Å²) in [7, 11) is -1.91. The highest BCUT2D eigenvalue weighted by atomic mass is 79.9. The molecule has 0 aliphatic heterocycles. The van der Waals surface area contributed by atoms with Gasteiger partial charge in [-0.1, -0.05) is 35.7 Å². The molecular formula is C14H22BrNO3S. The lowest BCUT2D eigenvalue weighted by molar-refractivity contribution is 0.281. The molecule has 4 nitrogen and oxygen atoms in total. The zero-order valence-corrected chi connectivity index (χ0v) is 14.6. The molecule has 0 heterocycles. The lowest BCUT2D eigenvalue weighted by Crippen LogP contribution is -2.28. The summed E-state index contributed by atoms with van der Waals surface area (Å²) in [4.78, 5) is 0.259. The molecule has 1 aromatic rings. The quantitative estimate of drug-likeness (QED) is 0.757. The van der Waals surface area contributed by atoms with Crippen LogP contribution in [0.2, 0.25) is 0 Å². The van der Waals surface area contributed by atoms with Crippen molar-refractivity contribution in [1.82, 2.24) is 4.31 Å². The molecule has 1 rings (SSSR count). The minimum absolute atomic E-state index is 0.180. The van der Waals surface area contributed by atoms with Gasteiger partial charge in [0.15, 0.2) is 0 Å². The largest absolute Gasteiger partial charge is 0.392 e. The van der Waals surface area contributed by atoms with Crippen molar-refractivity contribution >= 4 is 26.0 Å². The Morgan fingerprint density at radius 2 is 1.95 bits per heavy atom. The van der Waals surface area contributed by atoms with E-state index in [2.05, 4.69) is 22.9 Å². The summed E-state index contributed by atoms with van der Waals surface area (Å²) in [5.41, 5.74) is 1.26. The number of rotatable bonds is 7. The van der Waals surface area contributed by atoms with Crippen LogP contribution in [0.5, 0.6) is 0 Å². The molecule has 0 unspecified atom stereocenters. The molecule has 0 fully saturated rings. The molecule has 1 aromatic carbocycles. The Balaban J connectivity index is 3.11. The molecule has 0 radical (unpaired) electrons. The number of sulfonamides is 1. The van der Waals surface area contributed by atoms with Crippen LogP contribution in [0.25, 0.3) is 0 Å². The molecule has 114 valence electrons. The second-order valence-corrected chi connectivity index (χ2v) is 7.76. The van der Waals surface area contributed by atoms with Crippen molar-refractivity contribution in [3.63, 3.8) is 0 Å². The zero-order valence-electron chi connectivity index (χ0n) is 12.2. The van der Waals surface area contributed by atoms with Crippen LogP contribution < -0.4 is 0 Å². The molecule has 0 spiro atoms. The third-order valence-electron chi connectivity index (χ3n) is 3.30. The minimum atomic E-state index is -3.51. The maximum atomic E-state index is 12.6. The second kappa shape index (κ2) is 7.54. The molecule has 0 aliphatic rings. The normalized spacial score (nSPS) is 12.1. The van der Waals surface area contributed by atoms with Crippen LogP contribution in [-0.2, 0) is 16.6 Å². The van der Waals surface area contributed by atoms with Crippen molar-refractivity contribution in [2.75, 3.05) is 13.6 Å². The van der Waals surface area contributed by atoms with E-state index >= 15 is 0 Å². The predicted molar refractivity (Wildman–Crippen MR) is 84.1 cm³/mol. The number of nitrogens with zero attached hydrogens (tertiary/aromatic N) is 1. The maximum Gasteiger partial charge on any atom is 0.243 e. The average Bonchev–Trinajstić information content (AvgIpc) is 2.41. The molecule has 0 amide bonds. The molecule has 0 aliphatic carbocycles. The third-order valence-corrected chi connectivity index (χ3v) is 6.11. The smallest absolute Gasteiger partial charge is 0.243 e. The van der Waals surface area contributed by atoms with Gasteiger partial charge in [0, 0.05) is 18.1 Å². The van der Waals surface area contributed by atoms with Gasteiger partial charge in [0.2, 0.25) is 10.0 Å². The SMILES string of the molecule is CCCCCN(C)S(=O)(=O)c1cc(CO)cc(Br)c1C. The van der Waals surface area contributed by atoms with Gasteiger partial charge >= 0.3 is 0 Å². The monoisotopic (exact) mass is 363 g/mol. The first kappa shape index (κ1) is 17.6. The van der Waals surface area contributed by atoms with E-state index in [1.54, 1.807) is 26.1 Å². The minimum Gasteiger partial charge on any atom is -0.392 e. The number of benzene rings is 1. The van der Waals surface area contributed by atoms with Crippen molar-refractivity contribution in [2.24, 2.45) is 0 Å². The van der Waals surface area contributed by atoms with Crippen LogP contribution in [0.1, 0.15) is 37.3 Å². The van der Waals surface area contributed by atoms with Gasteiger partial charge in [0.1, 0.15) is 0 Å². The van der Waals surface area contributed by atoms with Gasteiger partial charge in [0.05, 0.1) is 11.5 Å². The predicted octanol–water partition coefficient (Wildman–Crippen LogP) is 3.06. The van der Waals surface area contributed by atoms with Crippen molar-refractivity contribution in [1.29, 1.82) is 0 Å². The van der Waals surface area contributed by atoms with E-state index in [9.17, 15) is 13.5 Å².